The smallest absolute Gasteiger partial charge is 0.298 e. The number of hydrogen-bond donors (Lipinski definition) is 1. The molecular weight excluding hydrogens is 314 g/mol. The number of piperidine rings is 1. The molecule has 0 spiro atoms. The summed E-state index contributed by atoms with van der Waals surface area (Å²) in [4.78, 5) is 18.5. The Bertz CT molecular complexity index is 690. The molecule has 0 unspecified atom stereocenters. The Morgan fingerprint density at radius 2 is 2.17 bits per heavy atom. The maximum absolute atomic E-state index is 11.9. The second-order valence-corrected chi connectivity index (χ2v) is 6.97. The fraction of sp³-hybridized carbons (Fsp3) is 0.529. The minimum Gasteiger partial charge on any atom is -0.423 e. The number of oxazole rings is 1. The summed E-state index contributed by atoms with van der Waals surface area (Å²) in [5.74, 6) is 0.539. The number of halogens is 1. The van der Waals surface area contributed by atoms with Crippen molar-refractivity contribution in [3.8, 4) is 0 Å². The molecule has 5 nitrogen and oxygen atoms in total. The minimum atomic E-state index is 0.148. The van der Waals surface area contributed by atoms with Gasteiger partial charge in [-0.05, 0) is 37.0 Å². The van der Waals surface area contributed by atoms with E-state index in [1.807, 2.05) is 12.1 Å². The number of anilines is 1. The quantitative estimate of drug-likeness (QED) is 0.927. The third-order valence-electron chi connectivity index (χ3n) is 4.06. The molecule has 23 heavy (non-hydrogen) atoms. The van der Waals surface area contributed by atoms with Gasteiger partial charge in [0.25, 0.3) is 6.01 Å². The predicted octanol–water partition coefficient (Wildman–Crippen LogP) is 3.61. The molecule has 1 aliphatic heterocycles. The van der Waals surface area contributed by atoms with Crippen molar-refractivity contribution in [1.29, 1.82) is 0 Å². The largest absolute Gasteiger partial charge is 0.423 e. The van der Waals surface area contributed by atoms with Gasteiger partial charge in [-0.25, -0.2) is 0 Å². The van der Waals surface area contributed by atoms with E-state index in [9.17, 15) is 4.79 Å². The molecule has 1 aliphatic rings. The lowest BCUT2D eigenvalue weighted by Crippen LogP contribution is -2.45. The first-order chi connectivity index (χ1) is 11.0. The maximum Gasteiger partial charge on any atom is 0.298 e. The van der Waals surface area contributed by atoms with Crippen molar-refractivity contribution in [2.75, 3.05) is 18.0 Å². The summed E-state index contributed by atoms with van der Waals surface area (Å²) in [6.07, 6.45) is 2.40. The maximum atomic E-state index is 11.9. The fourth-order valence-electron chi connectivity index (χ4n) is 2.90. The number of fused-ring (bicyclic) bond motifs is 1. The molecule has 6 heteroatoms. The fourth-order valence-corrected chi connectivity index (χ4v) is 3.06. The van der Waals surface area contributed by atoms with E-state index in [1.54, 1.807) is 6.07 Å². The van der Waals surface area contributed by atoms with Gasteiger partial charge in [-0.15, -0.1) is 0 Å². The van der Waals surface area contributed by atoms with Crippen molar-refractivity contribution in [2.24, 2.45) is 5.92 Å². The minimum absolute atomic E-state index is 0.148. The van der Waals surface area contributed by atoms with Gasteiger partial charge in [-0.2, -0.15) is 4.98 Å². The van der Waals surface area contributed by atoms with Gasteiger partial charge in [0.1, 0.15) is 5.52 Å². The number of benzene rings is 1. The van der Waals surface area contributed by atoms with E-state index >= 15 is 0 Å². The normalized spacial score (nSPS) is 16.3. The number of aromatic nitrogens is 1. The van der Waals surface area contributed by atoms with E-state index in [-0.39, 0.29) is 11.9 Å². The van der Waals surface area contributed by atoms with Crippen LogP contribution in [0.3, 0.4) is 0 Å². The number of carbonyl (C=O) groups excluding carboxylic acids is 1. The summed E-state index contributed by atoms with van der Waals surface area (Å²) < 4.78 is 5.80. The second-order valence-electron chi connectivity index (χ2n) is 6.54. The van der Waals surface area contributed by atoms with Gasteiger partial charge < -0.3 is 14.6 Å². The molecule has 0 atom stereocenters. The Morgan fingerprint density at radius 1 is 1.43 bits per heavy atom. The van der Waals surface area contributed by atoms with Crippen LogP contribution in [0.15, 0.2) is 22.6 Å². The van der Waals surface area contributed by atoms with E-state index in [1.165, 1.54) is 0 Å². The molecule has 1 fully saturated rings. The number of hydrogen-bond acceptors (Lipinski definition) is 4. The molecule has 0 aliphatic carbocycles. The van der Waals surface area contributed by atoms with Crippen LogP contribution in [0.25, 0.3) is 11.1 Å². The molecule has 2 heterocycles. The van der Waals surface area contributed by atoms with Gasteiger partial charge in [-0.1, -0.05) is 25.4 Å². The topological polar surface area (TPSA) is 58.4 Å². The summed E-state index contributed by atoms with van der Waals surface area (Å²) >= 11 is 5.98. The highest BCUT2D eigenvalue weighted by molar-refractivity contribution is 6.31. The zero-order valence-electron chi connectivity index (χ0n) is 13.5. The van der Waals surface area contributed by atoms with Crippen LogP contribution in [0.5, 0.6) is 0 Å². The molecule has 0 radical (unpaired) electrons. The van der Waals surface area contributed by atoms with Crippen LogP contribution in [-0.4, -0.2) is 30.0 Å². The van der Waals surface area contributed by atoms with Crippen molar-refractivity contribution in [3.63, 3.8) is 0 Å². The van der Waals surface area contributed by atoms with E-state index in [4.69, 9.17) is 16.0 Å². The zero-order valence-corrected chi connectivity index (χ0v) is 14.3. The first kappa shape index (κ1) is 16.1. The Hall–Kier alpha value is -1.75. The first-order valence-electron chi connectivity index (χ1n) is 8.11. The number of nitrogens with one attached hydrogen (secondary N) is 1. The lowest BCUT2D eigenvalue weighted by Gasteiger charge is -2.31. The van der Waals surface area contributed by atoms with Crippen LogP contribution in [-0.2, 0) is 4.79 Å². The Balaban J connectivity index is 1.58. The van der Waals surface area contributed by atoms with E-state index < -0.39 is 0 Å². The van der Waals surface area contributed by atoms with Crippen LogP contribution in [0, 0.1) is 5.92 Å². The highest BCUT2D eigenvalue weighted by Gasteiger charge is 2.23. The van der Waals surface area contributed by atoms with Crippen molar-refractivity contribution in [1.82, 2.24) is 10.3 Å². The molecule has 1 aromatic carbocycles. The number of amides is 1. The van der Waals surface area contributed by atoms with E-state index in [0.29, 0.717) is 23.4 Å². The molecule has 3 rings (SSSR count). The average molecular weight is 336 g/mol. The highest BCUT2D eigenvalue weighted by atomic mass is 35.5. The van der Waals surface area contributed by atoms with Crippen molar-refractivity contribution in [2.45, 2.75) is 39.2 Å². The average Bonchev–Trinajstić information content (AvgIpc) is 2.90. The Morgan fingerprint density at radius 3 is 2.87 bits per heavy atom. The summed E-state index contributed by atoms with van der Waals surface area (Å²) in [7, 11) is 0. The van der Waals surface area contributed by atoms with Crippen molar-refractivity contribution in [3.05, 3.63) is 23.2 Å². The van der Waals surface area contributed by atoms with Crippen molar-refractivity contribution < 1.29 is 9.21 Å². The van der Waals surface area contributed by atoms with Gasteiger partial charge in [0, 0.05) is 30.6 Å². The molecule has 1 aromatic heterocycles. The van der Waals surface area contributed by atoms with Gasteiger partial charge in [0.15, 0.2) is 5.58 Å². The van der Waals surface area contributed by atoms with E-state index in [0.717, 1.165) is 37.0 Å². The van der Waals surface area contributed by atoms with Crippen LogP contribution in [0.2, 0.25) is 5.02 Å². The third kappa shape index (κ3) is 3.96. The highest BCUT2D eigenvalue weighted by Crippen LogP contribution is 2.26. The summed E-state index contributed by atoms with van der Waals surface area (Å²) in [5.41, 5.74) is 1.52. The molecule has 124 valence electrons. The number of carbonyl (C=O) groups is 1. The number of nitrogens with zero attached hydrogens (tertiary/aromatic N) is 2. The second kappa shape index (κ2) is 6.79. The number of rotatable bonds is 4. The van der Waals surface area contributed by atoms with Gasteiger partial charge in [0.2, 0.25) is 5.91 Å². The van der Waals surface area contributed by atoms with Crippen LogP contribution in [0.4, 0.5) is 6.01 Å². The molecule has 0 bridgehead atoms. The van der Waals surface area contributed by atoms with Crippen LogP contribution >= 0.6 is 11.6 Å². The monoisotopic (exact) mass is 335 g/mol. The van der Waals surface area contributed by atoms with Crippen LogP contribution in [0.1, 0.15) is 33.1 Å². The Kier molecular flexibility index (Phi) is 4.76. The van der Waals surface area contributed by atoms with Gasteiger partial charge in [0.05, 0.1) is 0 Å². The molecule has 1 saturated heterocycles. The van der Waals surface area contributed by atoms with Gasteiger partial charge >= 0.3 is 0 Å². The lowest BCUT2D eigenvalue weighted by atomic mass is 10.0. The third-order valence-corrected chi connectivity index (χ3v) is 4.30. The molecule has 2 aromatic rings. The molecule has 1 N–H and O–H groups in total. The molecule has 0 saturated carbocycles. The molecular formula is C17H22ClN3O2. The van der Waals surface area contributed by atoms with E-state index in [2.05, 4.69) is 29.0 Å². The molecule has 1 amide bonds. The lowest BCUT2D eigenvalue weighted by molar-refractivity contribution is -0.122. The zero-order chi connectivity index (χ0) is 16.4. The SMILES string of the molecule is CC(C)CC(=O)NC1CCN(c2nc3cc(Cl)ccc3o2)CC1. The summed E-state index contributed by atoms with van der Waals surface area (Å²) in [6, 6.07) is 6.33. The standard InChI is InChI=1S/C17H22ClN3O2/c1-11(2)9-16(22)19-13-5-7-21(8-6-13)17-20-14-10-12(18)3-4-15(14)23-17/h3-4,10-11,13H,5-9H2,1-2H3,(H,19,22). The van der Waals surface area contributed by atoms with Crippen LogP contribution < -0.4 is 10.2 Å². The summed E-state index contributed by atoms with van der Waals surface area (Å²) in [6.45, 7) is 5.77. The summed E-state index contributed by atoms with van der Waals surface area (Å²) in [5, 5.41) is 3.78. The Labute approximate surface area is 141 Å². The van der Waals surface area contributed by atoms with Crippen molar-refractivity contribution >= 4 is 34.6 Å². The van der Waals surface area contributed by atoms with Gasteiger partial charge in [-0.3, -0.25) is 4.79 Å². The first-order valence-corrected chi connectivity index (χ1v) is 8.49. The predicted molar refractivity (Wildman–Crippen MR) is 91.9 cm³/mol.